The summed E-state index contributed by atoms with van der Waals surface area (Å²) in [5.74, 6) is 0.536. The number of aliphatic hydroxyl groups excluding tert-OH is 2. The van der Waals surface area contributed by atoms with Gasteiger partial charge in [-0.1, -0.05) is 6.07 Å². The second-order valence-electron chi connectivity index (χ2n) is 7.21. The second-order valence-corrected chi connectivity index (χ2v) is 8.43. The van der Waals surface area contributed by atoms with Gasteiger partial charge in [-0.25, -0.2) is 0 Å². The fourth-order valence-corrected chi connectivity index (χ4v) is 4.54. The Labute approximate surface area is 180 Å². The molecule has 5 N–H and O–H groups in total. The summed E-state index contributed by atoms with van der Waals surface area (Å²) in [4.78, 5) is 13.0. The lowest BCUT2D eigenvalue weighted by molar-refractivity contribution is -0.213. The first-order valence-electron chi connectivity index (χ1n) is 10.1. The molecule has 1 fully saturated rings. The van der Waals surface area contributed by atoms with Gasteiger partial charge in [0.05, 0.1) is 43.8 Å². The number of hydrogen-bond acceptors (Lipinski definition) is 9. The number of ether oxygens (including phenoxy) is 4. The molecule has 2 aliphatic heterocycles. The standard InChI is InChI=1S/C20H30N2O7S/c1-12-17(24)18(25)19-20(28-12)29-14-3-2-13(10-15(14)30-19)11-16(23)22-5-7-27-9-8-26-6-4-21/h2-3,10,12,17-20,24-25H,4-9,11,21H2,1H3,(H,22,23). The molecule has 0 aliphatic carbocycles. The molecule has 1 aromatic rings. The van der Waals surface area contributed by atoms with Crippen molar-refractivity contribution in [1.82, 2.24) is 5.32 Å². The summed E-state index contributed by atoms with van der Waals surface area (Å²) in [5, 5.41) is 22.8. The summed E-state index contributed by atoms with van der Waals surface area (Å²) in [6, 6.07) is 5.51. The van der Waals surface area contributed by atoms with Crippen LogP contribution in [-0.4, -0.2) is 85.5 Å². The van der Waals surface area contributed by atoms with Gasteiger partial charge >= 0.3 is 0 Å². The highest BCUT2D eigenvalue weighted by atomic mass is 32.2. The first-order valence-corrected chi connectivity index (χ1v) is 11.0. The van der Waals surface area contributed by atoms with Crippen LogP contribution in [0.25, 0.3) is 0 Å². The minimum Gasteiger partial charge on any atom is -0.462 e. The predicted octanol–water partition coefficient (Wildman–Crippen LogP) is -0.343. The lowest BCUT2D eigenvalue weighted by Crippen LogP contribution is -2.57. The van der Waals surface area contributed by atoms with Crippen LogP contribution in [0, 0.1) is 0 Å². The van der Waals surface area contributed by atoms with E-state index in [0.717, 1.165) is 10.5 Å². The zero-order chi connectivity index (χ0) is 21.5. The van der Waals surface area contributed by atoms with Crippen LogP contribution in [0.3, 0.4) is 0 Å². The maximum Gasteiger partial charge on any atom is 0.224 e. The second kappa shape index (κ2) is 11.3. The zero-order valence-corrected chi connectivity index (χ0v) is 17.8. The summed E-state index contributed by atoms with van der Waals surface area (Å²) in [6.07, 6.45) is -2.82. The summed E-state index contributed by atoms with van der Waals surface area (Å²) >= 11 is 1.40. The number of nitrogens with one attached hydrogen (secondary N) is 1. The van der Waals surface area contributed by atoms with E-state index < -0.39 is 29.9 Å². The monoisotopic (exact) mass is 442 g/mol. The van der Waals surface area contributed by atoms with E-state index in [1.54, 1.807) is 13.0 Å². The summed E-state index contributed by atoms with van der Waals surface area (Å²) in [6.45, 7) is 4.48. The molecule has 0 saturated carbocycles. The van der Waals surface area contributed by atoms with E-state index in [9.17, 15) is 15.0 Å². The first-order chi connectivity index (χ1) is 14.5. The lowest BCUT2D eigenvalue weighted by Gasteiger charge is -2.43. The first kappa shape index (κ1) is 23.3. The Bertz CT molecular complexity index is 708. The van der Waals surface area contributed by atoms with Gasteiger partial charge in [-0.2, -0.15) is 0 Å². The van der Waals surface area contributed by atoms with Crippen LogP contribution in [-0.2, 0) is 25.4 Å². The number of aliphatic hydroxyl groups is 2. The Kier molecular flexibility index (Phi) is 8.75. The third-order valence-electron chi connectivity index (χ3n) is 4.87. The Morgan fingerprint density at radius 3 is 2.73 bits per heavy atom. The highest BCUT2D eigenvalue weighted by Gasteiger charge is 2.47. The molecular formula is C20H30N2O7S. The van der Waals surface area contributed by atoms with Crippen molar-refractivity contribution in [2.24, 2.45) is 5.73 Å². The maximum absolute atomic E-state index is 12.2. The maximum atomic E-state index is 12.2. The largest absolute Gasteiger partial charge is 0.462 e. The van der Waals surface area contributed by atoms with E-state index >= 15 is 0 Å². The summed E-state index contributed by atoms with van der Waals surface area (Å²) < 4.78 is 22.1. The zero-order valence-electron chi connectivity index (χ0n) is 17.0. The molecule has 0 radical (unpaired) electrons. The molecule has 2 heterocycles. The van der Waals surface area contributed by atoms with Gasteiger partial charge < -0.3 is 40.2 Å². The molecular weight excluding hydrogens is 412 g/mol. The van der Waals surface area contributed by atoms with Crippen molar-refractivity contribution in [3.8, 4) is 5.75 Å². The highest BCUT2D eigenvalue weighted by Crippen LogP contribution is 2.44. The topological polar surface area (TPSA) is 132 Å². The van der Waals surface area contributed by atoms with E-state index in [0.29, 0.717) is 45.3 Å². The van der Waals surface area contributed by atoms with Crippen molar-refractivity contribution in [2.75, 3.05) is 39.5 Å². The van der Waals surface area contributed by atoms with E-state index in [4.69, 9.17) is 24.7 Å². The molecule has 30 heavy (non-hydrogen) atoms. The van der Waals surface area contributed by atoms with Crippen molar-refractivity contribution < 1.29 is 34.0 Å². The number of fused-ring (bicyclic) bond motifs is 2. The number of thioether (sulfide) groups is 1. The molecule has 10 heteroatoms. The highest BCUT2D eigenvalue weighted by molar-refractivity contribution is 8.00. The van der Waals surface area contributed by atoms with E-state index in [1.807, 2.05) is 12.1 Å². The van der Waals surface area contributed by atoms with Crippen molar-refractivity contribution in [3.05, 3.63) is 23.8 Å². The molecule has 1 aromatic carbocycles. The van der Waals surface area contributed by atoms with Gasteiger partial charge in [0.15, 0.2) is 0 Å². The van der Waals surface area contributed by atoms with Crippen LogP contribution in [0.5, 0.6) is 5.75 Å². The molecule has 0 spiro atoms. The average Bonchev–Trinajstić information content (AvgIpc) is 2.73. The van der Waals surface area contributed by atoms with Crippen molar-refractivity contribution >= 4 is 17.7 Å². The third kappa shape index (κ3) is 6.07. The van der Waals surface area contributed by atoms with E-state index in [1.165, 1.54) is 11.8 Å². The SMILES string of the molecule is CC1OC2Oc3ccc(CC(=O)NCCOCCOCCN)cc3SC2C(O)C1O. The van der Waals surface area contributed by atoms with Gasteiger partial charge in [-0.3, -0.25) is 4.79 Å². The van der Waals surface area contributed by atoms with Gasteiger partial charge in [0.2, 0.25) is 12.2 Å². The Hall–Kier alpha value is -1.40. The fraction of sp³-hybridized carbons (Fsp3) is 0.650. The lowest BCUT2D eigenvalue weighted by atomic mass is 10.0. The van der Waals surface area contributed by atoms with Crippen molar-refractivity contribution in [3.63, 3.8) is 0 Å². The summed E-state index contributed by atoms with van der Waals surface area (Å²) in [5.41, 5.74) is 6.15. The number of carbonyl (C=O) groups excluding carboxylic acids is 1. The number of carbonyl (C=O) groups is 1. The smallest absolute Gasteiger partial charge is 0.224 e. The minimum atomic E-state index is -0.965. The molecule has 9 nitrogen and oxygen atoms in total. The van der Waals surface area contributed by atoms with Crippen LogP contribution >= 0.6 is 11.8 Å². The average molecular weight is 443 g/mol. The van der Waals surface area contributed by atoms with Crippen molar-refractivity contribution in [2.45, 2.75) is 48.1 Å². The fourth-order valence-electron chi connectivity index (χ4n) is 3.26. The predicted molar refractivity (Wildman–Crippen MR) is 110 cm³/mol. The number of benzene rings is 1. The third-order valence-corrected chi connectivity index (χ3v) is 6.21. The normalized spacial score (nSPS) is 27.7. The molecule has 3 rings (SSSR count). The minimum absolute atomic E-state index is 0.109. The van der Waals surface area contributed by atoms with E-state index in [-0.39, 0.29) is 12.3 Å². The van der Waals surface area contributed by atoms with Crippen LogP contribution in [0.15, 0.2) is 23.1 Å². The van der Waals surface area contributed by atoms with Crippen LogP contribution in [0.2, 0.25) is 0 Å². The molecule has 2 aliphatic rings. The molecule has 168 valence electrons. The number of nitrogens with two attached hydrogens (primary N) is 1. The van der Waals surface area contributed by atoms with Crippen LogP contribution in [0.4, 0.5) is 0 Å². The number of amides is 1. The summed E-state index contributed by atoms with van der Waals surface area (Å²) in [7, 11) is 0. The van der Waals surface area contributed by atoms with Gasteiger partial charge in [-0.15, -0.1) is 11.8 Å². The molecule has 5 unspecified atom stereocenters. The van der Waals surface area contributed by atoms with E-state index in [2.05, 4.69) is 5.32 Å². The molecule has 1 saturated heterocycles. The Morgan fingerprint density at radius 1 is 1.20 bits per heavy atom. The molecule has 5 atom stereocenters. The molecule has 0 aromatic heterocycles. The van der Waals surface area contributed by atoms with Gasteiger partial charge in [0.25, 0.3) is 0 Å². The molecule has 0 bridgehead atoms. The van der Waals surface area contributed by atoms with Gasteiger partial charge in [0.1, 0.15) is 23.2 Å². The Balaban J connectivity index is 1.45. The number of rotatable bonds is 10. The Morgan fingerprint density at radius 2 is 1.97 bits per heavy atom. The van der Waals surface area contributed by atoms with Crippen LogP contribution < -0.4 is 15.8 Å². The van der Waals surface area contributed by atoms with Crippen molar-refractivity contribution in [1.29, 1.82) is 0 Å². The molecule has 1 amide bonds. The van der Waals surface area contributed by atoms with Gasteiger partial charge in [0, 0.05) is 13.1 Å². The van der Waals surface area contributed by atoms with Gasteiger partial charge in [-0.05, 0) is 24.6 Å². The van der Waals surface area contributed by atoms with Crippen LogP contribution in [0.1, 0.15) is 12.5 Å². The number of hydrogen-bond donors (Lipinski definition) is 4. The quantitative estimate of drug-likeness (QED) is 0.359.